The number of likely N-dealkylation sites (N-methyl/N-ethyl adjacent to an activating group) is 1. The molecule has 29 heavy (non-hydrogen) atoms. The molecule has 1 N–H and O–H groups in total. The first-order valence-electron chi connectivity index (χ1n) is 9.28. The average Bonchev–Trinajstić information content (AvgIpc) is 3.13. The topological polar surface area (TPSA) is 84.7 Å². The third-order valence-corrected chi connectivity index (χ3v) is 4.48. The molecule has 7 nitrogen and oxygen atoms in total. The molecule has 0 fully saturated rings. The zero-order chi connectivity index (χ0) is 20.8. The number of anilines is 1. The first kappa shape index (κ1) is 20.1. The molecule has 0 spiro atoms. The predicted octanol–water partition coefficient (Wildman–Crippen LogP) is 3.76. The summed E-state index contributed by atoms with van der Waals surface area (Å²) in [6, 6.07) is 16.4. The van der Waals surface area contributed by atoms with Crippen molar-refractivity contribution < 1.29 is 18.8 Å². The zero-order valence-corrected chi connectivity index (χ0v) is 16.6. The quantitative estimate of drug-likeness (QED) is 0.661. The number of amides is 2. The fourth-order valence-electron chi connectivity index (χ4n) is 2.98. The van der Waals surface area contributed by atoms with Crippen molar-refractivity contribution in [2.45, 2.75) is 13.8 Å². The second kappa shape index (κ2) is 9.05. The van der Waals surface area contributed by atoms with Gasteiger partial charge >= 0.3 is 0 Å². The van der Waals surface area contributed by atoms with Crippen molar-refractivity contribution in [3.63, 3.8) is 0 Å². The molecule has 0 atom stereocenters. The van der Waals surface area contributed by atoms with E-state index in [0.717, 1.165) is 5.56 Å². The minimum absolute atomic E-state index is 0.0919. The maximum atomic E-state index is 13.2. The van der Waals surface area contributed by atoms with E-state index in [1.165, 1.54) is 4.90 Å². The van der Waals surface area contributed by atoms with Gasteiger partial charge in [0.2, 0.25) is 5.91 Å². The van der Waals surface area contributed by atoms with Gasteiger partial charge in [0.15, 0.2) is 0 Å². The minimum Gasteiger partial charge on any atom is -0.497 e. The van der Waals surface area contributed by atoms with Crippen molar-refractivity contribution in [3.8, 4) is 17.0 Å². The van der Waals surface area contributed by atoms with Crippen LogP contribution in [0, 0.1) is 6.92 Å². The van der Waals surface area contributed by atoms with Crippen molar-refractivity contribution in [2.75, 3.05) is 25.5 Å². The monoisotopic (exact) mass is 393 g/mol. The van der Waals surface area contributed by atoms with Crippen molar-refractivity contribution in [3.05, 3.63) is 65.9 Å². The Kier molecular flexibility index (Phi) is 6.29. The summed E-state index contributed by atoms with van der Waals surface area (Å²) in [7, 11) is 1.56. The molecule has 0 aliphatic heterocycles. The lowest BCUT2D eigenvalue weighted by Crippen LogP contribution is -2.38. The fourth-order valence-corrected chi connectivity index (χ4v) is 2.98. The van der Waals surface area contributed by atoms with E-state index in [9.17, 15) is 9.59 Å². The van der Waals surface area contributed by atoms with Crippen LogP contribution in [0.15, 0.2) is 59.1 Å². The molecule has 2 amide bonds. The highest BCUT2D eigenvalue weighted by atomic mass is 16.5. The van der Waals surface area contributed by atoms with Crippen molar-refractivity contribution in [1.82, 2.24) is 10.1 Å². The average molecular weight is 393 g/mol. The lowest BCUT2D eigenvalue weighted by molar-refractivity contribution is -0.116. The van der Waals surface area contributed by atoms with Crippen LogP contribution in [0.2, 0.25) is 0 Å². The van der Waals surface area contributed by atoms with Gasteiger partial charge in [0, 0.05) is 23.9 Å². The van der Waals surface area contributed by atoms with Crippen molar-refractivity contribution in [2.24, 2.45) is 0 Å². The van der Waals surface area contributed by atoms with Gasteiger partial charge in [-0.2, -0.15) is 0 Å². The summed E-state index contributed by atoms with van der Waals surface area (Å²) in [5, 5.41) is 6.84. The van der Waals surface area contributed by atoms with E-state index >= 15 is 0 Å². The van der Waals surface area contributed by atoms with Gasteiger partial charge in [0.05, 0.1) is 7.11 Å². The maximum Gasteiger partial charge on any atom is 0.260 e. The maximum absolute atomic E-state index is 13.2. The molecule has 7 heteroatoms. The van der Waals surface area contributed by atoms with Crippen LogP contribution in [0.4, 0.5) is 5.69 Å². The van der Waals surface area contributed by atoms with Gasteiger partial charge in [0.25, 0.3) is 5.91 Å². The SMILES string of the molecule is CCN(CC(=O)Nc1cccc(OC)c1)C(=O)c1c(-c2ccccc2)noc1C. The number of hydrogen-bond acceptors (Lipinski definition) is 5. The van der Waals surface area contributed by atoms with Crippen LogP contribution in [-0.4, -0.2) is 42.1 Å². The lowest BCUT2D eigenvalue weighted by Gasteiger charge is -2.20. The Morgan fingerprint density at radius 2 is 1.90 bits per heavy atom. The summed E-state index contributed by atoms with van der Waals surface area (Å²) in [5.74, 6) is 0.453. The number of carbonyl (C=O) groups excluding carboxylic acids is 2. The summed E-state index contributed by atoms with van der Waals surface area (Å²) in [6.45, 7) is 3.78. The number of rotatable bonds is 7. The Balaban J connectivity index is 1.77. The number of aromatic nitrogens is 1. The van der Waals surface area contributed by atoms with Gasteiger partial charge < -0.3 is 19.5 Å². The van der Waals surface area contributed by atoms with Crippen LogP contribution in [0.3, 0.4) is 0 Å². The van der Waals surface area contributed by atoms with Gasteiger partial charge in [-0.3, -0.25) is 9.59 Å². The molecule has 0 aliphatic rings. The van der Waals surface area contributed by atoms with Gasteiger partial charge in [-0.05, 0) is 26.0 Å². The Labute approximate surface area is 169 Å². The molecule has 0 unspecified atom stereocenters. The number of methoxy groups -OCH3 is 1. The van der Waals surface area contributed by atoms with E-state index in [0.29, 0.717) is 35.0 Å². The van der Waals surface area contributed by atoms with E-state index in [1.54, 1.807) is 38.3 Å². The molecule has 0 saturated carbocycles. The first-order valence-corrected chi connectivity index (χ1v) is 9.28. The summed E-state index contributed by atoms with van der Waals surface area (Å²) in [4.78, 5) is 27.1. The number of ether oxygens (including phenoxy) is 1. The number of hydrogen-bond donors (Lipinski definition) is 1. The summed E-state index contributed by atoms with van der Waals surface area (Å²) >= 11 is 0. The van der Waals surface area contributed by atoms with Crippen LogP contribution in [0.5, 0.6) is 5.75 Å². The highest BCUT2D eigenvalue weighted by Gasteiger charge is 2.26. The Bertz CT molecular complexity index is 998. The third kappa shape index (κ3) is 4.63. The van der Waals surface area contributed by atoms with E-state index in [2.05, 4.69) is 10.5 Å². The molecule has 1 heterocycles. The summed E-state index contributed by atoms with van der Waals surface area (Å²) in [6.07, 6.45) is 0. The molecule has 0 aliphatic carbocycles. The van der Waals surface area contributed by atoms with E-state index in [1.807, 2.05) is 37.3 Å². The van der Waals surface area contributed by atoms with Crippen LogP contribution in [0.25, 0.3) is 11.3 Å². The van der Waals surface area contributed by atoms with Crippen LogP contribution in [0.1, 0.15) is 23.0 Å². The number of benzene rings is 2. The van der Waals surface area contributed by atoms with Crippen LogP contribution in [-0.2, 0) is 4.79 Å². The Hall–Kier alpha value is -3.61. The molecule has 3 rings (SSSR count). The van der Waals surface area contributed by atoms with Gasteiger partial charge in [-0.25, -0.2) is 0 Å². The number of carbonyl (C=O) groups is 2. The van der Waals surface area contributed by atoms with E-state index in [4.69, 9.17) is 9.26 Å². The highest BCUT2D eigenvalue weighted by molar-refractivity contribution is 6.03. The van der Waals surface area contributed by atoms with E-state index in [-0.39, 0.29) is 18.4 Å². The molecule has 3 aromatic rings. The standard InChI is InChI=1S/C22H23N3O4/c1-4-25(14-19(26)23-17-11-8-12-18(13-17)28-3)22(27)20-15(2)29-24-21(20)16-9-6-5-7-10-16/h5-13H,4,14H2,1-3H3,(H,23,26). The smallest absolute Gasteiger partial charge is 0.260 e. The van der Waals surface area contributed by atoms with Gasteiger partial charge in [-0.1, -0.05) is 41.6 Å². The van der Waals surface area contributed by atoms with Gasteiger partial charge in [0.1, 0.15) is 29.3 Å². The van der Waals surface area contributed by atoms with E-state index < -0.39 is 0 Å². The van der Waals surface area contributed by atoms with Gasteiger partial charge in [-0.15, -0.1) is 0 Å². The van der Waals surface area contributed by atoms with Crippen molar-refractivity contribution >= 4 is 17.5 Å². The fraction of sp³-hybridized carbons (Fsp3) is 0.227. The zero-order valence-electron chi connectivity index (χ0n) is 16.6. The molecular formula is C22H23N3O4. The predicted molar refractivity (Wildman–Crippen MR) is 110 cm³/mol. The molecular weight excluding hydrogens is 370 g/mol. The molecule has 0 radical (unpaired) electrons. The second-order valence-corrected chi connectivity index (χ2v) is 6.43. The number of nitrogens with one attached hydrogen (secondary N) is 1. The first-order chi connectivity index (χ1) is 14.0. The molecule has 0 saturated heterocycles. The third-order valence-electron chi connectivity index (χ3n) is 4.48. The normalized spacial score (nSPS) is 10.4. The highest BCUT2D eigenvalue weighted by Crippen LogP contribution is 2.26. The van der Waals surface area contributed by atoms with Crippen molar-refractivity contribution in [1.29, 1.82) is 0 Å². The molecule has 2 aromatic carbocycles. The number of aryl methyl sites for hydroxylation is 1. The largest absolute Gasteiger partial charge is 0.497 e. The molecule has 1 aromatic heterocycles. The minimum atomic E-state index is -0.302. The van der Waals surface area contributed by atoms with Crippen LogP contribution < -0.4 is 10.1 Å². The molecule has 0 bridgehead atoms. The summed E-state index contributed by atoms with van der Waals surface area (Å²) < 4.78 is 10.4. The summed E-state index contributed by atoms with van der Waals surface area (Å²) in [5.41, 5.74) is 2.22. The Morgan fingerprint density at radius 3 is 2.59 bits per heavy atom. The Morgan fingerprint density at radius 1 is 1.14 bits per heavy atom. The molecule has 150 valence electrons. The number of nitrogens with zero attached hydrogens (tertiary/aromatic N) is 2. The van der Waals surface area contributed by atoms with Crippen LogP contribution >= 0.6 is 0 Å². The second-order valence-electron chi connectivity index (χ2n) is 6.43. The lowest BCUT2D eigenvalue weighted by atomic mass is 10.1.